The van der Waals surface area contributed by atoms with Crippen LogP contribution >= 0.6 is 0 Å². The number of aromatic nitrogens is 3. The van der Waals surface area contributed by atoms with Crippen molar-refractivity contribution < 1.29 is 12.8 Å². The van der Waals surface area contributed by atoms with Gasteiger partial charge in [0.15, 0.2) is 5.65 Å². The molecule has 0 radical (unpaired) electrons. The molecule has 0 unspecified atom stereocenters. The highest BCUT2D eigenvalue weighted by atomic mass is 32.2. The average Bonchev–Trinajstić information content (AvgIpc) is 3.01. The number of halogens is 1. The summed E-state index contributed by atoms with van der Waals surface area (Å²) in [5, 5.41) is 3.81. The minimum atomic E-state index is -3.87. The van der Waals surface area contributed by atoms with Crippen LogP contribution in [0.3, 0.4) is 0 Å². The maximum Gasteiger partial charge on any atom is 0.283 e. The molecule has 0 N–H and O–H groups in total. The molecule has 0 saturated heterocycles. The van der Waals surface area contributed by atoms with Gasteiger partial charge < -0.3 is 0 Å². The number of benzene rings is 1. The van der Waals surface area contributed by atoms with Gasteiger partial charge in [0.1, 0.15) is 5.82 Å². The molecule has 6 nitrogen and oxygen atoms in total. The number of fused-ring (bicyclic) bond motifs is 1. The Bertz CT molecular complexity index is 921. The summed E-state index contributed by atoms with van der Waals surface area (Å²) in [6.07, 6.45) is 1.64. The monoisotopic (exact) mass is 348 g/mol. The molecule has 1 atom stereocenters. The first-order chi connectivity index (χ1) is 11.4. The summed E-state index contributed by atoms with van der Waals surface area (Å²) in [6, 6.07) is 10.5. The molecule has 8 heteroatoms. The van der Waals surface area contributed by atoms with Crippen molar-refractivity contribution in [1.29, 1.82) is 0 Å². The number of hydrogen-bond acceptors (Lipinski definition) is 4. The molecule has 3 aromatic rings. The van der Waals surface area contributed by atoms with Gasteiger partial charge in [-0.2, -0.15) is 9.29 Å². The lowest BCUT2D eigenvalue weighted by Gasteiger charge is -2.26. The minimum absolute atomic E-state index is 0.246. The van der Waals surface area contributed by atoms with Gasteiger partial charge in [-0.05, 0) is 36.8 Å². The summed E-state index contributed by atoms with van der Waals surface area (Å²) in [7, 11) is -3.87. The second-order valence-electron chi connectivity index (χ2n) is 5.33. The van der Waals surface area contributed by atoms with Crippen LogP contribution in [0.5, 0.6) is 0 Å². The summed E-state index contributed by atoms with van der Waals surface area (Å²) < 4.78 is 41.7. The van der Waals surface area contributed by atoms with Gasteiger partial charge in [-0.1, -0.05) is 25.1 Å². The van der Waals surface area contributed by atoms with E-state index in [1.807, 2.05) is 0 Å². The van der Waals surface area contributed by atoms with Crippen molar-refractivity contribution in [3.63, 3.8) is 0 Å². The Morgan fingerprint density at radius 2 is 1.92 bits per heavy atom. The highest BCUT2D eigenvalue weighted by Gasteiger charge is 2.32. The van der Waals surface area contributed by atoms with E-state index in [9.17, 15) is 12.8 Å². The zero-order chi connectivity index (χ0) is 17.3. The second-order valence-corrected chi connectivity index (χ2v) is 7.12. The van der Waals surface area contributed by atoms with Gasteiger partial charge in [-0.15, -0.1) is 5.10 Å². The van der Waals surface area contributed by atoms with Gasteiger partial charge in [0.05, 0.1) is 0 Å². The molecular formula is C16H17FN4O2S. The summed E-state index contributed by atoms with van der Waals surface area (Å²) in [5.41, 5.74) is 1.16. The average molecular weight is 348 g/mol. The van der Waals surface area contributed by atoms with Gasteiger partial charge in [-0.3, -0.25) is 0 Å². The predicted molar refractivity (Wildman–Crippen MR) is 87.4 cm³/mol. The lowest BCUT2D eigenvalue weighted by atomic mass is 10.1. The van der Waals surface area contributed by atoms with Crippen LogP contribution in [0, 0.1) is 5.82 Å². The van der Waals surface area contributed by atoms with Gasteiger partial charge in [0.25, 0.3) is 15.2 Å². The Hall–Kier alpha value is -2.32. The van der Waals surface area contributed by atoms with Crippen molar-refractivity contribution in [3.8, 4) is 0 Å². The number of hydrogen-bond donors (Lipinski definition) is 0. The first-order valence-electron chi connectivity index (χ1n) is 7.52. The van der Waals surface area contributed by atoms with Crippen LogP contribution in [0.1, 0.15) is 25.5 Å². The van der Waals surface area contributed by atoms with Gasteiger partial charge >= 0.3 is 0 Å². The van der Waals surface area contributed by atoms with E-state index in [2.05, 4.69) is 10.1 Å². The number of rotatable bonds is 5. The quantitative estimate of drug-likeness (QED) is 0.711. The molecule has 24 heavy (non-hydrogen) atoms. The Labute approximate surface area is 139 Å². The molecule has 0 fully saturated rings. The number of sulfonamides is 1. The first-order valence-corrected chi connectivity index (χ1v) is 8.96. The molecule has 126 valence electrons. The minimum Gasteiger partial charge on any atom is -0.220 e. The van der Waals surface area contributed by atoms with Crippen LogP contribution in [0.25, 0.3) is 5.65 Å². The molecule has 1 aromatic carbocycles. The third-order valence-electron chi connectivity index (χ3n) is 3.86. The lowest BCUT2D eigenvalue weighted by molar-refractivity contribution is 0.353. The van der Waals surface area contributed by atoms with E-state index in [-0.39, 0.29) is 17.5 Å². The Kier molecular flexibility index (Phi) is 4.33. The molecule has 2 heterocycles. The van der Waals surface area contributed by atoms with Crippen LogP contribution in [-0.2, 0) is 10.0 Å². The van der Waals surface area contributed by atoms with Gasteiger partial charge in [-0.25, -0.2) is 17.3 Å². The highest BCUT2D eigenvalue weighted by molar-refractivity contribution is 7.89. The molecular weight excluding hydrogens is 331 g/mol. The predicted octanol–water partition coefficient (Wildman–Crippen LogP) is 2.64. The Morgan fingerprint density at radius 3 is 2.54 bits per heavy atom. The van der Waals surface area contributed by atoms with Gasteiger partial charge in [0.2, 0.25) is 0 Å². The molecule has 0 aliphatic carbocycles. The van der Waals surface area contributed by atoms with E-state index in [1.165, 1.54) is 21.0 Å². The standard InChI is InChI=1S/C16H17FN4O2S/c1-3-21(12(2)13-7-9-14(17)10-8-13)24(22,23)16-18-15-6-4-5-11-20(15)19-16/h4-12H,3H2,1-2H3/t12-/m0/s1. The van der Waals surface area contributed by atoms with E-state index in [0.29, 0.717) is 11.2 Å². The number of nitrogens with zero attached hydrogens (tertiary/aromatic N) is 4. The summed E-state index contributed by atoms with van der Waals surface area (Å²) in [5.74, 6) is -0.362. The largest absolute Gasteiger partial charge is 0.283 e. The first kappa shape index (κ1) is 16.5. The lowest BCUT2D eigenvalue weighted by Crippen LogP contribution is -2.34. The van der Waals surface area contributed by atoms with Crippen LogP contribution < -0.4 is 0 Å². The van der Waals surface area contributed by atoms with Crippen molar-refractivity contribution in [2.24, 2.45) is 0 Å². The smallest absolute Gasteiger partial charge is 0.220 e. The van der Waals surface area contributed by atoms with Crippen LogP contribution in [-0.4, -0.2) is 33.9 Å². The fraction of sp³-hybridized carbons (Fsp3) is 0.250. The molecule has 0 aliphatic rings. The molecule has 0 aliphatic heterocycles. The van der Waals surface area contributed by atoms with Crippen molar-refractivity contribution >= 4 is 15.7 Å². The van der Waals surface area contributed by atoms with E-state index in [4.69, 9.17) is 0 Å². The molecule has 2 aromatic heterocycles. The zero-order valence-corrected chi connectivity index (χ0v) is 14.1. The Balaban J connectivity index is 2.00. The second kappa shape index (κ2) is 6.29. The molecule has 0 saturated carbocycles. The summed E-state index contributed by atoms with van der Waals surface area (Å²) >= 11 is 0. The fourth-order valence-corrected chi connectivity index (χ4v) is 4.07. The summed E-state index contributed by atoms with van der Waals surface area (Å²) in [6.45, 7) is 3.74. The Morgan fingerprint density at radius 1 is 1.21 bits per heavy atom. The van der Waals surface area contributed by atoms with Crippen LogP contribution in [0.4, 0.5) is 4.39 Å². The number of pyridine rings is 1. The molecule has 0 amide bonds. The normalized spacial score (nSPS) is 13.5. The van der Waals surface area contributed by atoms with E-state index < -0.39 is 16.1 Å². The third-order valence-corrected chi connectivity index (χ3v) is 5.68. The van der Waals surface area contributed by atoms with Gasteiger partial charge in [0, 0.05) is 18.8 Å². The fourth-order valence-electron chi connectivity index (χ4n) is 2.58. The van der Waals surface area contributed by atoms with E-state index >= 15 is 0 Å². The zero-order valence-electron chi connectivity index (χ0n) is 13.3. The van der Waals surface area contributed by atoms with E-state index in [1.54, 1.807) is 50.4 Å². The van der Waals surface area contributed by atoms with Crippen LogP contribution in [0.15, 0.2) is 53.8 Å². The van der Waals surface area contributed by atoms with Crippen molar-refractivity contribution in [2.45, 2.75) is 25.0 Å². The molecule has 0 spiro atoms. The highest BCUT2D eigenvalue weighted by Crippen LogP contribution is 2.26. The molecule has 3 rings (SSSR count). The topological polar surface area (TPSA) is 67.6 Å². The third kappa shape index (κ3) is 2.90. The molecule has 0 bridgehead atoms. The van der Waals surface area contributed by atoms with Crippen molar-refractivity contribution in [2.75, 3.05) is 6.54 Å². The van der Waals surface area contributed by atoms with Crippen molar-refractivity contribution in [1.82, 2.24) is 18.9 Å². The maximum absolute atomic E-state index is 13.1. The maximum atomic E-state index is 13.1. The summed E-state index contributed by atoms with van der Waals surface area (Å²) in [4.78, 5) is 4.11. The van der Waals surface area contributed by atoms with Crippen molar-refractivity contribution in [3.05, 3.63) is 60.0 Å². The van der Waals surface area contributed by atoms with E-state index in [0.717, 1.165) is 0 Å². The SMILES string of the molecule is CCN([C@@H](C)c1ccc(F)cc1)S(=O)(=O)c1nc2ccccn2n1. The van der Waals surface area contributed by atoms with Crippen LogP contribution in [0.2, 0.25) is 0 Å².